The zero-order chi connectivity index (χ0) is 38.1. The van der Waals surface area contributed by atoms with Gasteiger partial charge in [0.15, 0.2) is 14.1 Å². The molecular formula is C33H40N4O12SSi. The van der Waals surface area contributed by atoms with Crippen molar-refractivity contribution in [3.8, 4) is 0 Å². The van der Waals surface area contributed by atoms with Gasteiger partial charge in [0.05, 0.1) is 33.3 Å². The summed E-state index contributed by atoms with van der Waals surface area (Å²) in [5, 5.41) is 31.6. The maximum Gasteiger partial charge on any atom is 0.411 e. The minimum absolute atomic E-state index is 0.0929. The first-order valence-corrected chi connectivity index (χ1v) is 20.1. The molecule has 16 nitrogen and oxygen atoms in total. The van der Waals surface area contributed by atoms with Gasteiger partial charge in [-0.15, -0.1) is 11.8 Å². The van der Waals surface area contributed by atoms with Gasteiger partial charge in [0, 0.05) is 36.4 Å². The van der Waals surface area contributed by atoms with E-state index >= 15 is 0 Å². The van der Waals surface area contributed by atoms with E-state index in [4.69, 9.17) is 9.16 Å². The van der Waals surface area contributed by atoms with Crippen LogP contribution in [0.1, 0.15) is 45.2 Å². The number of rotatable bonds is 12. The van der Waals surface area contributed by atoms with Gasteiger partial charge >= 0.3 is 18.0 Å². The Morgan fingerprint density at radius 3 is 2.02 bits per heavy atom. The second kappa shape index (κ2) is 14.9. The van der Waals surface area contributed by atoms with Crippen molar-refractivity contribution in [2.45, 2.75) is 83.5 Å². The summed E-state index contributed by atoms with van der Waals surface area (Å²) in [7, 11) is -2.62. The van der Waals surface area contributed by atoms with Gasteiger partial charge in [-0.1, -0.05) is 32.9 Å². The third kappa shape index (κ3) is 7.97. The number of Topliss-reactive ketones (excluding diaryl/α,β-unsaturated/α-hetero) is 1. The van der Waals surface area contributed by atoms with Crippen molar-refractivity contribution in [2.24, 2.45) is 5.41 Å². The average molecular weight is 745 g/mol. The van der Waals surface area contributed by atoms with E-state index in [1.54, 1.807) is 6.92 Å². The van der Waals surface area contributed by atoms with Crippen molar-refractivity contribution in [1.82, 2.24) is 9.80 Å². The normalized spacial score (nSPS) is 21.1. The largest absolute Gasteiger partial charge is 0.474 e. The van der Waals surface area contributed by atoms with Crippen LogP contribution in [0.5, 0.6) is 0 Å². The summed E-state index contributed by atoms with van der Waals surface area (Å²) >= 11 is 1.28. The number of carbonyl (C=O) groups excluding carboxylic acids is 4. The molecule has 51 heavy (non-hydrogen) atoms. The number of non-ortho nitro benzene ring substituents is 2. The fourth-order valence-corrected chi connectivity index (χ4v) is 8.64. The molecular weight excluding hydrogens is 705 g/mol. The minimum Gasteiger partial charge on any atom is -0.474 e. The van der Waals surface area contributed by atoms with Crippen molar-refractivity contribution >= 4 is 61.1 Å². The maximum atomic E-state index is 14.2. The number of carboxylic acids is 1. The van der Waals surface area contributed by atoms with E-state index in [1.807, 2.05) is 33.9 Å². The molecule has 2 aliphatic heterocycles. The second-order valence-corrected chi connectivity index (χ2v) is 19.9. The number of nitro benzene ring substituents is 2. The Labute approximate surface area is 298 Å². The van der Waals surface area contributed by atoms with Crippen LogP contribution in [0.4, 0.5) is 16.2 Å². The van der Waals surface area contributed by atoms with Gasteiger partial charge in [0.2, 0.25) is 5.91 Å². The highest BCUT2D eigenvalue weighted by Crippen LogP contribution is 2.51. The molecule has 0 spiro atoms. The topological polar surface area (TPSA) is 217 Å². The molecule has 0 bridgehead atoms. The molecule has 2 aromatic carbocycles. The van der Waals surface area contributed by atoms with E-state index in [0.717, 1.165) is 0 Å². The molecule has 18 heteroatoms. The lowest BCUT2D eigenvalue weighted by atomic mass is 9.61. The number of benzene rings is 2. The zero-order valence-corrected chi connectivity index (χ0v) is 30.8. The maximum absolute atomic E-state index is 14.2. The van der Waals surface area contributed by atoms with Crippen molar-refractivity contribution < 1.29 is 48.1 Å². The first kappa shape index (κ1) is 39.1. The quantitative estimate of drug-likeness (QED) is 0.100. The SMILES string of the molecule is C[C@@H](O[Si](C)(C)C(C)(C)C)[C@@]1(Cc2ccc([N+](=O)[O-])cc2)C(=O)N(C(=O)C(=O)O)[C@@H]1CC(=O)[C@@H]1CSCN1C(=O)OCc1ccc([N+](=O)[O-])cc1. The number of β-lactam (4-membered cyclic amide) rings is 1. The Bertz CT molecular complexity index is 1730. The Morgan fingerprint density at radius 2 is 1.53 bits per heavy atom. The Kier molecular flexibility index (Phi) is 11.4. The van der Waals surface area contributed by atoms with Crippen molar-refractivity contribution in [2.75, 3.05) is 11.6 Å². The predicted molar refractivity (Wildman–Crippen MR) is 186 cm³/mol. The number of aliphatic carboxylic acids is 1. The monoisotopic (exact) mass is 744 g/mol. The van der Waals surface area contributed by atoms with Crippen LogP contribution < -0.4 is 0 Å². The number of nitro groups is 2. The van der Waals surface area contributed by atoms with Gasteiger partial charge in [-0.25, -0.2) is 9.59 Å². The van der Waals surface area contributed by atoms with Crippen LogP contribution in [0, 0.1) is 25.6 Å². The summed E-state index contributed by atoms with van der Waals surface area (Å²) in [6.07, 6.45) is -2.38. The summed E-state index contributed by atoms with van der Waals surface area (Å²) < 4.78 is 12.1. The lowest BCUT2D eigenvalue weighted by molar-refractivity contribution is -0.385. The second-order valence-electron chi connectivity index (χ2n) is 14.1. The number of amides is 3. The molecule has 4 rings (SSSR count). The van der Waals surface area contributed by atoms with E-state index in [-0.39, 0.29) is 41.1 Å². The molecule has 2 heterocycles. The van der Waals surface area contributed by atoms with E-state index in [2.05, 4.69) is 0 Å². The molecule has 0 aromatic heterocycles. The Morgan fingerprint density at radius 1 is 1.00 bits per heavy atom. The highest BCUT2D eigenvalue weighted by molar-refractivity contribution is 7.99. The highest BCUT2D eigenvalue weighted by Gasteiger charge is 2.67. The molecule has 274 valence electrons. The van der Waals surface area contributed by atoms with Gasteiger partial charge in [0.25, 0.3) is 11.4 Å². The number of imide groups is 1. The van der Waals surface area contributed by atoms with Crippen LogP contribution in [0.3, 0.4) is 0 Å². The van der Waals surface area contributed by atoms with Gasteiger partial charge in [-0.3, -0.25) is 44.4 Å². The Hall–Kier alpha value is -4.68. The number of likely N-dealkylation sites (tertiary alicyclic amines) is 1. The molecule has 3 amide bonds. The van der Waals surface area contributed by atoms with Gasteiger partial charge < -0.3 is 14.3 Å². The van der Waals surface area contributed by atoms with E-state index in [1.165, 1.54) is 65.2 Å². The molecule has 2 aliphatic rings. The van der Waals surface area contributed by atoms with E-state index < -0.39 is 77.8 Å². The smallest absolute Gasteiger partial charge is 0.411 e. The zero-order valence-electron chi connectivity index (χ0n) is 29.0. The van der Waals surface area contributed by atoms with E-state index in [0.29, 0.717) is 16.0 Å². The molecule has 1 N–H and O–H groups in total. The molecule has 2 saturated heterocycles. The molecule has 4 atom stereocenters. The van der Waals surface area contributed by atoms with Crippen molar-refractivity contribution in [3.05, 3.63) is 79.9 Å². The molecule has 0 radical (unpaired) electrons. The summed E-state index contributed by atoms with van der Waals surface area (Å²) in [4.78, 5) is 89.2. The minimum atomic E-state index is -2.62. The summed E-state index contributed by atoms with van der Waals surface area (Å²) in [6, 6.07) is 8.53. The molecule has 2 aromatic rings. The number of carboxylic acid groups (broad SMARTS) is 1. The van der Waals surface area contributed by atoms with E-state index in [9.17, 15) is 49.3 Å². The third-order valence-electron chi connectivity index (χ3n) is 9.96. The standard InChI is InChI=1S/C33H40N4O12SSi/c1-20(49-51(5,6)32(2,3)4)33(16-21-7-11-23(12-8-21)36(44)45)27(35(30(33)42)28(39)29(40)41)15-26(38)25-18-50-19-34(25)31(43)48-17-22-9-13-24(14-10-22)37(46)47/h7-14,20,25,27H,15-19H2,1-6H3,(H,40,41)/t20-,25+,27-,33-/m1/s1. The Balaban J connectivity index is 1.66. The fraction of sp³-hybridized carbons (Fsp3) is 0.485. The first-order chi connectivity index (χ1) is 23.7. The fourth-order valence-electron chi connectivity index (χ4n) is 6.02. The van der Waals surface area contributed by atoms with Crippen LogP contribution in [0.2, 0.25) is 18.1 Å². The van der Waals surface area contributed by atoms with Gasteiger partial charge in [-0.05, 0) is 54.7 Å². The molecule has 0 unspecified atom stereocenters. The average Bonchev–Trinajstić information content (AvgIpc) is 3.56. The van der Waals surface area contributed by atoms with Crippen LogP contribution >= 0.6 is 11.8 Å². The molecule has 0 aliphatic carbocycles. The number of carbonyl (C=O) groups is 5. The predicted octanol–water partition coefficient (Wildman–Crippen LogP) is 4.94. The van der Waals surface area contributed by atoms with Gasteiger partial charge in [-0.2, -0.15) is 0 Å². The van der Waals surface area contributed by atoms with Gasteiger partial charge in [0.1, 0.15) is 12.6 Å². The summed E-state index contributed by atoms with van der Waals surface area (Å²) in [5.74, 6) is -4.54. The third-order valence-corrected chi connectivity index (χ3v) is 15.5. The highest BCUT2D eigenvalue weighted by atomic mass is 32.2. The lowest BCUT2D eigenvalue weighted by Crippen LogP contribution is -2.77. The number of nitrogens with zero attached hydrogens (tertiary/aromatic N) is 4. The number of hydrogen-bond donors (Lipinski definition) is 1. The molecule has 2 fully saturated rings. The first-order valence-electron chi connectivity index (χ1n) is 16.0. The summed E-state index contributed by atoms with van der Waals surface area (Å²) in [6.45, 7) is 11.3. The lowest BCUT2D eigenvalue weighted by Gasteiger charge is -2.58. The van der Waals surface area contributed by atoms with Crippen LogP contribution in [0.25, 0.3) is 0 Å². The number of ketones is 1. The van der Waals surface area contributed by atoms with Crippen LogP contribution in [0.15, 0.2) is 48.5 Å². The van der Waals surface area contributed by atoms with Crippen molar-refractivity contribution in [1.29, 1.82) is 0 Å². The molecule has 0 saturated carbocycles. The summed E-state index contributed by atoms with van der Waals surface area (Å²) in [5.41, 5.74) is -1.00. The van der Waals surface area contributed by atoms with Crippen LogP contribution in [-0.2, 0) is 41.4 Å². The number of hydrogen-bond acceptors (Lipinski definition) is 12. The van der Waals surface area contributed by atoms with Crippen LogP contribution in [-0.4, -0.2) is 92.5 Å². The van der Waals surface area contributed by atoms with Crippen molar-refractivity contribution in [3.63, 3.8) is 0 Å². The number of ether oxygens (including phenoxy) is 1. The number of thioether (sulfide) groups is 1.